The lowest BCUT2D eigenvalue weighted by molar-refractivity contribution is -0.143. The van der Waals surface area contributed by atoms with Crippen molar-refractivity contribution in [3.8, 4) is 5.75 Å². The van der Waals surface area contributed by atoms with Crippen LogP contribution in [0.1, 0.15) is 75.2 Å². The number of carbonyl (C=O) groups is 3. The molecule has 1 spiro atoms. The molecule has 3 amide bonds. The summed E-state index contributed by atoms with van der Waals surface area (Å²) in [6.07, 6.45) is 4.77. The van der Waals surface area contributed by atoms with Crippen LogP contribution in [0.25, 0.3) is 0 Å². The van der Waals surface area contributed by atoms with Gasteiger partial charge in [0, 0.05) is 43.7 Å². The Balaban J connectivity index is 1.67. The van der Waals surface area contributed by atoms with Crippen LogP contribution in [0.5, 0.6) is 5.75 Å². The minimum atomic E-state index is -0.808. The molecule has 34 heavy (non-hydrogen) atoms. The number of nitrogens with one attached hydrogen (secondary N) is 2. The standard InChI is InChI=1S/C26H38N4O4/c1-5-23(31)28-12-13-29-21-15-20(24(32)30(17(2)3)19-8-6-11-27-16-19)18(4)14-22(21)34-26(25(29)33)9-7-10-26/h14-15,17,19,27H,5-13,16H2,1-4H3,(H,28,31). The minimum Gasteiger partial charge on any atom is -0.475 e. The predicted molar refractivity (Wildman–Crippen MR) is 131 cm³/mol. The van der Waals surface area contributed by atoms with Gasteiger partial charge < -0.3 is 25.2 Å². The fourth-order valence-electron chi connectivity index (χ4n) is 5.30. The van der Waals surface area contributed by atoms with E-state index in [9.17, 15) is 14.4 Å². The van der Waals surface area contributed by atoms with Crippen molar-refractivity contribution >= 4 is 23.4 Å². The largest absolute Gasteiger partial charge is 0.475 e. The molecule has 1 saturated carbocycles. The molecule has 1 unspecified atom stereocenters. The average molecular weight is 471 g/mol. The van der Waals surface area contributed by atoms with Crippen molar-refractivity contribution in [2.75, 3.05) is 31.1 Å². The molecule has 0 bridgehead atoms. The molecule has 1 atom stereocenters. The highest BCUT2D eigenvalue weighted by molar-refractivity contribution is 6.05. The number of aryl methyl sites for hydroxylation is 1. The normalized spacial score (nSPS) is 21.0. The second kappa shape index (κ2) is 9.94. The number of carbonyl (C=O) groups excluding carboxylic acids is 3. The van der Waals surface area contributed by atoms with Crippen molar-refractivity contribution in [2.45, 2.75) is 83.9 Å². The Bertz CT molecular complexity index is 950. The molecular formula is C26H38N4O4. The highest BCUT2D eigenvalue weighted by atomic mass is 16.5. The van der Waals surface area contributed by atoms with Gasteiger partial charge in [0.1, 0.15) is 5.75 Å². The van der Waals surface area contributed by atoms with Crippen LogP contribution >= 0.6 is 0 Å². The summed E-state index contributed by atoms with van der Waals surface area (Å²) >= 11 is 0. The molecule has 4 rings (SSSR count). The predicted octanol–water partition coefficient (Wildman–Crippen LogP) is 2.77. The van der Waals surface area contributed by atoms with E-state index in [1.807, 2.05) is 24.0 Å². The van der Waals surface area contributed by atoms with Crippen molar-refractivity contribution < 1.29 is 19.1 Å². The molecule has 3 aliphatic rings. The van der Waals surface area contributed by atoms with Crippen molar-refractivity contribution in [3.63, 3.8) is 0 Å². The van der Waals surface area contributed by atoms with E-state index in [0.717, 1.165) is 37.9 Å². The number of ether oxygens (including phenoxy) is 1. The maximum absolute atomic E-state index is 13.8. The number of fused-ring (bicyclic) bond motifs is 1. The molecular weight excluding hydrogens is 432 g/mol. The van der Waals surface area contributed by atoms with E-state index in [2.05, 4.69) is 24.5 Å². The third-order valence-electron chi connectivity index (χ3n) is 7.36. The van der Waals surface area contributed by atoms with Crippen LogP contribution in [0, 0.1) is 6.92 Å². The summed E-state index contributed by atoms with van der Waals surface area (Å²) in [5.74, 6) is 0.509. The number of rotatable bonds is 7. The fraction of sp³-hybridized carbons (Fsp3) is 0.654. The summed E-state index contributed by atoms with van der Waals surface area (Å²) in [7, 11) is 0. The Morgan fingerprint density at radius 3 is 2.65 bits per heavy atom. The van der Waals surface area contributed by atoms with Crippen LogP contribution in [-0.2, 0) is 9.59 Å². The summed E-state index contributed by atoms with van der Waals surface area (Å²) in [5.41, 5.74) is 1.26. The topological polar surface area (TPSA) is 91.0 Å². The van der Waals surface area contributed by atoms with Gasteiger partial charge >= 0.3 is 0 Å². The molecule has 0 radical (unpaired) electrons. The molecule has 2 aliphatic heterocycles. The first-order valence-electron chi connectivity index (χ1n) is 12.7. The molecule has 1 aliphatic carbocycles. The quantitative estimate of drug-likeness (QED) is 0.640. The summed E-state index contributed by atoms with van der Waals surface area (Å²) in [5, 5.41) is 6.28. The first-order chi connectivity index (χ1) is 16.3. The lowest BCUT2D eigenvalue weighted by atomic mass is 9.77. The van der Waals surface area contributed by atoms with Crippen molar-refractivity contribution in [1.29, 1.82) is 0 Å². The minimum absolute atomic E-state index is 0.0142. The number of piperidine rings is 1. The van der Waals surface area contributed by atoms with Gasteiger partial charge in [-0.15, -0.1) is 0 Å². The Morgan fingerprint density at radius 1 is 1.29 bits per heavy atom. The van der Waals surface area contributed by atoms with E-state index < -0.39 is 5.60 Å². The second-order valence-electron chi connectivity index (χ2n) is 10.1. The monoisotopic (exact) mass is 470 g/mol. The fourth-order valence-corrected chi connectivity index (χ4v) is 5.30. The zero-order valence-corrected chi connectivity index (χ0v) is 20.9. The van der Waals surface area contributed by atoms with E-state index in [0.29, 0.717) is 49.4 Å². The second-order valence-corrected chi connectivity index (χ2v) is 10.1. The average Bonchev–Trinajstić information content (AvgIpc) is 2.79. The van der Waals surface area contributed by atoms with Gasteiger partial charge in [-0.3, -0.25) is 14.4 Å². The maximum Gasteiger partial charge on any atom is 0.271 e. The molecule has 1 aromatic rings. The van der Waals surface area contributed by atoms with E-state index >= 15 is 0 Å². The molecule has 1 saturated heterocycles. The molecule has 0 aromatic heterocycles. The van der Waals surface area contributed by atoms with E-state index in [-0.39, 0.29) is 29.8 Å². The van der Waals surface area contributed by atoms with Crippen LogP contribution in [-0.4, -0.2) is 66.5 Å². The highest BCUT2D eigenvalue weighted by Crippen LogP contribution is 2.47. The van der Waals surface area contributed by atoms with Crippen LogP contribution < -0.4 is 20.3 Å². The third-order valence-corrected chi connectivity index (χ3v) is 7.36. The lowest BCUT2D eigenvalue weighted by Crippen LogP contribution is -2.61. The molecule has 2 heterocycles. The van der Waals surface area contributed by atoms with Gasteiger partial charge in [-0.25, -0.2) is 0 Å². The Kier molecular flexibility index (Phi) is 7.17. The Morgan fingerprint density at radius 2 is 2.06 bits per heavy atom. The van der Waals surface area contributed by atoms with Gasteiger partial charge in [-0.1, -0.05) is 6.92 Å². The van der Waals surface area contributed by atoms with Crippen LogP contribution in [0.15, 0.2) is 12.1 Å². The van der Waals surface area contributed by atoms with Crippen LogP contribution in [0.2, 0.25) is 0 Å². The van der Waals surface area contributed by atoms with Crippen molar-refractivity contribution in [3.05, 3.63) is 23.3 Å². The molecule has 2 fully saturated rings. The number of hydrogen-bond donors (Lipinski definition) is 2. The smallest absolute Gasteiger partial charge is 0.271 e. The molecule has 1 aromatic carbocycles. The first-order valence-corrected chi connectivity index (χ1v) is 12.7. The number of anilines is 1. The van der Waals surface area contributed by atoms with Crippen molar-refractivity contribution in [1.82, 2.24) is 15.5 Å². The van der Waals surface area contributed by atoms with Crippen molar-refractivity contribution in [2.24, 2.45) is 0 Å². The molecule has 2 N–H and O–H groups in total. The Hall–Kier alpha value is -2.61. The van der Waals surface area contributed by atoms with E-state index in [1.165, 1.54) is 0 Å². The van der Waals surface area contributed by atoms with Gasteiger partial charge in [0.2, 0.25) is 5.91 Å². The van der Waals surface area contributed by atoms with E-state index in [1.54, 1.807) is 11.8 Å². The number of nitrogens with zero attached hydrogens (tertiary/aromatic N) is 2. The summed E-state index contributed by atoms with van der Waals surface area (Å²) in [4.78, 5) is 42.7. The van der Waals surface area contributed by atoms with E-state index in [4.69, 9.17) is 4.74 Å². The SMILES string of the molecule is CCC(=O)NCCN1C(=O)C2(CCC2)Oc2cc(C)c(C(=O)N(C(C)C)C3CCCNC3)cc21. The number of amides is 3. The summed E-state index contributed by atoms with van der Waals surface area (Å²) < 4.78 is 6.27. The number of hydrogen-bond acceptors (Lipinski definition) is 5. The highest BCUT2D eigenvalue weighted by Gasteiger charge is 2.52. The zero-order valence-electron chi connectivity index (χ0n) is 20.9. The molecule has 186 valence electrons. The number of benzene rings is 1. The first kappa shape index (κ1) is 24.5. The van der Waals surface area contributed by atoms with Gasteiger partial charge in [0.05, 0.1) is 5.69 Å². The molecule has 8 heteroatoms. The van der Waals surface area contributed by atoms with Crippen LogP contribution in [0.3, 0.4) is 0 Å². The maximum atomic E-state index is 13.8. The van der Waals surface area contributed by atoms with Gasteiger partial charge in [-0.05, 0) is 77.1 Å². The summed E-state index contributed by atoms with van der Waals surface area (Å²) in [6.45, 7) is 10.3. The summed E-state index contributed by atoms with van der Waals surface area (Å²) in [6, 6.07) is 3.94. The molecule has 8 nitrogen and oxygen atoms in total. The third kappa shape index (κ3) is 4.52. The van der Waals surface area contributed by atoms with Crippen LogP contribution in [0.4, 0.5) is 5.69 Å². The lowest BCUT2D eigenvalue weighted by Gasteiger charge is -2.47. The van der Waals surface area contributed by atoms with Gasteiger partial charge in [0.15, 0.2) is 5.60 Å². The zero-order chi connectivity index (χ0) is 24.5. The van der Waals surface area contributed by atoms with Gasteiger partial charge in [0.25, 0.3) is 11.8 Å². The Labute approximate surface area is 202 Å². The van der Waals surface area contributed by atoms with Gasteiger partial charge in [-0.2, -0.15) is 0 Å².